The van der Waals surface area contributed by atoms with Gasteiger partial charge < -0.3 is 15.4 Å². The molecule has 19 heavy (non-hydrogen) atoms. The van der Waals surface area contributed by atoms with Crippen molar-refractivity contribution in [3.8, 4) is 5.75 Å². The number of amides is 1. The van der Waals surface area contributed by atoms with Gasteiger partial charge in [-0.15, -0.1) is 0 Å². The minimum absolute atomic E-state index is 0.277. The Hall–Kier alpha value is -1.82. The molecule has 1 aliphatic heterocycles. The quantitative estimate of drug-likeness (QED) is 0.816. The zero-order chi connectivity index (χ0) is 13.7. The molecule has 0 saturated carbocycles. The number of pyridine rings is 1. The fraction of sp³-hybridized carbons (Fsp3) is 0.538. The van der Waals surface area contributed by atoms with Crippen LogP contribution in [0.15, 0.2) is 18.3 Å². The van der Waals surface area contributed by atoms with Crippen molar-refractivity contribution in [2.45, 2.75) is 6.92 Å². The van der Waals surface area contributed by atoms with Crippen LogP contribution < -0.4 is 15.4 Å². The highest BCUT2D eigenvalue weighted by atomic mass is 16.5. The van der Waals surface area contributed by atoms with Crippen LogP contribution in [0.2, 0.25) is 0 Å². The number of anilines is 1. The molecule has 0 unspecified atom stereocenters. The summed E-state index contributed by atoms with van der Waals surface area (Å²) in [6.07, 6.45) is 1.77. The number of primary amides is 1. The number of hydrogen-bond donors (Lipinski definition) is 1. The lowest BCUT2D eigenvalue weighted by atomic mass is 10.3. The minimum atomic E-state index is -0.277. The van der Waals surface area contributed by atoms with Gasteiger partial charge in [0, 0.05) is 32.4 Å². The SMILES string of the molecule is CCOc1cccnc1N1CCN(CC(N)=O)CC1. The number of piperazine rings is 1. The normalized spacial score (nSPS) is 16.4. The van der Waals surface area contributed by atoms with Gasteiger partial charge in [-0.05, 0) is 19.1 Å². The van der Waals surface area contributed by atoms with Crippen LogP contribution in [0.5, 0.6) is 5.75 Å². The molecule has 104 valence electrons. The molecule has 0 aliphatic carbocycles. The maximum absolute atomic E-state index is 10.9. The molecule has 0 radical (unpaired) electrons. The highest BCUT2D eigenvalue weighted by Gasteiger charge is 2.21. The summed E-state index contributed by atoms with van der Waals surface area (Å²) in [5.74, 6) is 1.41. The van der Waals surface area contributed by atoms with Gasteiger partial charge in [-0.2, -0.15) is 0 Å². The van der Waals surface area contributed by atoms with E-state index in [1.165, 1.54) is 0 Å². The van der Waals surface area contributed by atoms with Crippen molar-refractivity contribution >= 4 is 11.7 Å². The fourth-order valence-corrected chi connectivity index (χ4v) is 2.23. The van der Waals surface area contributed by atoms with E-state index in [0.717, 1.165) is 37.7 Å². The van der Waals surface area contributed by atoms with Gasteiger partial charge in [-0.25, -0.2) is 4.98 Å². The molecule has 0 atom stereocenters. The van der Waals surface area contributed by atoms with Gasteiger partial charge in [0.05, 0.1) is 13.2 Å². The zero-order valence-electron chi connectivity index (χ0n) is 11.2. The van der Waals surface area contributed by atoms with Gasteiger partial charge in [0.1, 0.15) is 0 Å². The predicted molar refractivity (Wildman–Crippen MR) is 73.3 cm³/mol. The number of carbonyl (C=O) groups is 1. The van der Waals surface area contributed by atoms with Gasteiger partial charge in [0.2, 0.25) is 5.91 Å². The van der Waals surface area contributed by atoms with E-state index in [-0.39, 0.29) is 5.91 Å². The third-order valence-electron chi connectivity index (χ3n) is 3.10. The summed E-state index contributed by atoms with van der Waals surface area (Å²) in [6, 6.07) is 3.81. The second-order valence-electron chi connectivity index (χ2n) is 4.49. The zero-order valence-corrected chi connectivity index (χ0v) is 11.2. The molecule has 2 N–H and O–H groups in total. The van der Waals surface area contributed by atoms with E-state index < -0.39 is 0 Å². The molecule has 1 aliphatic rings. The Morgan fingerprint density at radius 1 is 1.42 bits per heavy atom. The van der Waals surface area contributed by atoms with Crippen LogP contribution in [0.4, 0.5) is 5.82 Å². The summed E-state index contributed by atoms with van der Waals surface area (Å²) in [6.45, 7) is 6.18. The molecule has 1 amide bonds. The molecule has 1 fully saturated rings. The molecular formula is C13H20N4O2. The van der Waals surface area contributed by atoms with E-state index in [1.807, 2.05) is 19.1 Å². The molecule has 2 heterocycles. The first-order chi connectivity index (χ1) is 9.20. The predicted octanol–water partition coefficient (Wildman–Crippen LogP) is 0.0876. The van der Waals surface area contributed by atoms with Crippen LogP contribution in [0.25, 0.3) is 0 Å². The van der Waals surface area contributed by atoms with Crippen molar-refractivity contribution in [3.63, 3.8) is 0 Å². The van der Waals surface area contributed by atoms with E-state index in [2.05, 4.69) is 14.8 Å². The first-order valence-corrected chi connectivity index (χ1v) is 6.54. The van der Waals surface area contributed by atoms with Crippen LogP contribution in [-0.2, 0) is 4.79 Å². The molecule has 6 nitrogen and oxygen atoms in total. The van der Waals surface area contributed by atoms with Gasteiger partial charge >= 0.3 is 0 Å². The summed E-state index contributed by atoms with van der Waals surface area (Å²) < 4.78 is 5.59. The molecule has 2 rings (SSSR count). The van der Waals surface area contributed by atoms with Crippen LogP contribution in [0, 0.1) is 0 Å². The summed E-state index contributed by atoms with van der Waals surface area (Å²) in [5.41, 5.74) is 5.21. The molecule has 1 aromatic heterocycles. The number of carbonyl (C=O) groups excluding carboxylic acids is 1. The van der Waals surface area contributed by atoms with Gasteiger partial charge in [-0.1, -0.05) is 0 Å². The third-order valence-corrected chi connectivity index (χ3v) is 3.10. The number of nitrogens with two attached hydrogens (primary N) is 1. The molecule has 1 aromatic rings. The average molecular weight is 264 g/mol. The number of hydrogen-bond acceptors (Lipinski definition) is 5. The second kappa shape index (κ2) is 6.38. The molecule has 1 saturated heterocycles. The second-order valence-corrected chi connectivity index (χ2v) is 4.49. The summed E-state index contributed by atoms with van der Waals surface area (Å²) in [7, 11) is 0. The van der Waals surface area contributed by atoms with Crippen molar-refractivity contribution in [1.29, 1.82) is 0 Å². The lowest BCUT2D eigenvalue weighted by Crippen LogP contribution is -2.49. The lowest BCUT2D eigenvalue weighted by molar-refractivity contribution is -0.119. The maximum Gasteiger partial charge on any atom is 0.231 e. The molecule has 6 heteroatoms. The largest absolute Gasteiger partial charge is 0.490 e. The number of ether oxygens (including phenoxy) is 1. The van der Waals surface area contributed by atoms with Crippen molar-refractivity contribution in [2.75, 3.05) is 44.2 Å². The first kappa shape index (κ1) is 13.6. The van der Waals surface area contributed by atoms with Gasteiger partial charge in [0.25, 0.3) is 0 Å². The van der Waals surface area contributed by atoms with Crippen LogP contribution in [0.1, 0.15) is 6.92 Å². The Labute approximate surface area is 113 Å². The number of aromatic nitrogens is 1. The van der Waals surface area contributed by atoms with E-state index in [0.29, 0.717) is 13.2 Å². The smallest absolute Gasteiger partial charge is 0.231 e. The topological polar surface area (TPSA) is 71.7 Å². The fourth-order valence-electron chi connectivity index (χ4n) is 2.23. The van der Waals surface area contributed by atoms with Crippen LogP contribution in [0.3, 0.4) is 0 Å². The average Bonchev–Trinajstić information content (AvgIpc) is 2.40. The van der Waals surface area contributed by atoms with Crippen LogP contribution in [-0.4, -0.2) is 55.1 Å². The molecule has 0 bridgehead atoms. The maximum atomic E-state index is 10.9. The standard InChI is InChI=1S/C13H20N4O2/c1-2-19-11-4-3-5-15-13(11)17-8-6-16(7-9-17)10-12(14)18/h3-5H,2,6-10H2,1H3,(H2,14,18). The number of rotatable bonds is 5. The first-order valence-electron chi connectivity index (χ1n) is 6.54. The van der Waals surface area contributed by atoms with E-state index in [4.69, 9.17) is 10.5 Å². The molecule has 0 aromatic carbocycles. The van der Waals surface area contributed by atoms with Crippen LogP contribution >= 0.6 is 0 Å². The highest BCUT2D eigenvalue weighted by Crippen LogP contribution is 2.25. The van der Waals surface area contributed by atoms with E-state index in [9.17, 15) is 4.79 Å². The Morgan fingerprint density at radius 2 is 2.16 bits per heavy atom. The van der Waals surface area contributed by atoms with Crippen molar-refractivity contribution in [3.05, 3.63) is 18.3 Å². The monoisotopic (exact) mass is 264 g/mol. The van der Waals surface area contributed by atoms with Crippen molar-refractivity contribution < 1.29 is 9.53 Å². The van der Waals surface area contributed by atoms with E-state index >= 15 is 0 Å². The Bertz CT molecular complexity index is 430. The van der Waals surface area contributed by atoms with Gasteiger partial charge in [0.15, 0.2) is 11.6 Å². The van der Waals surface area contributed by atoms with Gasteiger partial charge in [-0.3, -0.25) is 9.69 Å². The Kier molecular flexibility index (Phi) is 4.57. The summed E-state index contributed by atoms with van der Waals surface area (Å²) >= 11 is 0. The van der Waals surface area contributed by atoms with Crippen molar-refractivity contribution in [2.24, 2.45) is 5.73 Å². The number of nitrogens with zero attached hydrogens (tertiary/aromatic N) is 3. The molecular weight excluding hydrogens is 244 g/mol. The lowest BCUT2D eigenvalue weighted by Gasteiger charge is -2.35. The summed E-state index contributed by atoms with van der Waals surface area (Å²) in [5, 5.41) is 0. The van der Waals surface area contributed by atoms with Crippen molar-refractivity contribution in [1.82, 2.24) is 9.88 Å². The minimum Gasteiger partial charge on any atom is -0.490 e. The summed E-state index contributed by atoms with van der Waals surface area (Å²) in [4.78, 5) is 19.5. The van der Waals surface area contributed by atoms with E-state index in [1.54, 1.807) is 6.20 Å². The third kappa shape index (κ3) is 3.57. The highest BCUT2D eigenvalue weighted by molar-refractivity contribution is 5.76. The molecule has 0 spiro atoms. The Balaban J connectivity index is 1.99. The Morgan fingerprint density at radius 3 is 2.79 bits per heavy atom.